The molecule has 4 aliphatic rings. The molecular weight excluding hydrogens is 398 g/mol. The molecule has 0 heterocycles. The van der Waals surface area contributed by atoms with E-state index < -0.39 is 0 Å². The van der Waals surface area contributed by atoms with Gasteiger partial charge in [0, 0.05) is 11.8 Å². The Labute approximate surface area is 169 Å². The SMILES string of the molecule is Oc1c(Br)cc(Cc2ccccc2)cc1C=NC12CC3CC(CC(C3)C1)C2. The average molecular weight is 424 g/mol. The summed E-state index contributed by atoms with van der Waals surface area (Å²) in [6, 6.07) is 14.6. The van der Waals surface area contributed by atoms with Gasteiger partial charge in [0.2, 0.25) is 0 Å². The first kappa shape index (κ1) is 17.5. The third-order valence-electron chi connectivity index (χ3n) is 6.89. The number of halogens is 1. The Balaban J connectivity index is 1.42. The standard InChI is InChI=1S/C24H26BrNO/c25-22-11-17(6-16-4-2-1-3-5-16)10-21(23(22)27)15-26-24-12-18-7-19(13-24)9-20(8-18)14-24/h1-5,10-11,15,18-20,27H,6-9,12-14H2. The summed E-state index contributed by atoms with van der Waals surface area (Å²) in [6.07, 6.45) is 10.9. The van der Waals surface area contributed by atoms with E-state index in [2.05, 4.69) is 46.3 Å². The van der Waals surface area contributed by atoms with Crippen LogP contribution in [0.3, 0.4) is 0 Å². The Bertz CT molecular complexity index is 838. The maximum Gasteiger partial charge on any atom is 0.138 e. The molecule has 0 saturated heterocycles. The van der Waals surface area contributed by atoms with Crippen LogP contribution in [-0.2, 0) is 6.42 Å². The lowest BCUT2D eigenvalue weighted by molar-refractivity contribution is 0.00194. The predicted molar refractivity (Wildman–Crippen MR) is 114 cm³/mol. The number of phenolic OH excluding ortho intramolecular Hbond substituents is 1. The topological polar surface area (TPSA) is 32.6 Å². The van der Waals surface area contributed by atoms with Gasteiger partial charge in [0.1, 0.15) is 5.75 Å². The van der Waals surface area contributed by atoms with Gasteiger partial charge in [-0.25, -0.2) is 0 Å². The van der Waals surface area contributed by atoms with Gasteiger partial charge in [-0.2, -0.15) is 0 Å². The first-order valence-electron chi connectivity index (χ1n) is 10.2. The van der Waals surface area contributed by atoms with E-state index in [1.54, 1.807) is 0 Å². The minimum atomic E-state index is 0.142. The van der Waals surface area contributed by atoms with Crippen molar-refractivity contribution >= 4 is 22.1 Å². The number of benzene rings is 2. The second kappa shape index (κ2) is 6.77. The minimum Gasteiger partial charge on any atom is -0.506 e. The van der Waals surface area contributed by atoms with Crippen LogP contribution >= 0.6 is 15.9 Å². The number of rotatable bonds is 4. The molecule has 0 atom stereocenters. The number of hydrogen-bond donors (Lipinski definition) is 1. The van der Waals surface area contributed by atoms with E-state index in [0.29, 0.717) is 5.75 Å². The first-order chi connectivity index (χ1) is 13.1. The zero-order chi connectivity index (χ0) is 18.4. The summed E-state index contributed by atoms with van der Waals surface area (Å²) in [5.41, 5.74) is 3.45. The first-order valence-corrected chi connectivity index (χ1v) is 11.0. The highest BCUT2D eigenvalue weighted by Gasteiger charge is 2.50. The van der Waals surface area contributed by atoms with Crippen LogP contribution in [0.5, 0.6) is 5.75 Å². The summed E-state index contributed by atoms with van der Waals surface area (Å²) in [6.45, 7) is 0. The second-order valence-electron chi connectivity index (χ2n) is 9.08. The van der Waals surface area contributed by atoms with Gasteiger partial charge in [-0.1, -0.05) is 30.3 Å². The van der Waals surface area contributed by atoms with Crippen molar-refractivity contribution in [1.29, 1.82) is 0 Å². The second-order valence-corrected chi connectivity index (χ2v) is 9.93. The number of hydrogen-bond acceptors (Lipinski definition) is 2. The summed E-state index contributed by atoms with van der Waals surface area (Å²) in [5, 5.41) is 10.6. The zero-order valence-corrected chi connectivity index (χ0v) is 17.2. The third-order valence-corrected chi connectivity index (χ3v) is 7.49. The average Bonchev–Trinajstić information content (AvgIpc) is 2.63. The zero-order valence-electron chi connectivity index (χ0n) is 15.6. The van der Waals surface area contributed by atoms with Crippen molar-refractivity contribution in [2.75, 3.05) is 0 Å². The molecule has 4 bridgehead atoms. The van der Waals surface area contributed by atoms with Crippen molar-refractivity contribution in [2.24, 2.45) is 22.7 Å². The van der Waals surface area contributed by atoms with Crippen molar-refractivity contribution in [3.63, 3.8) is 0 Å². The molecule has 6 rings (SSSR count). The fourth-order valence-corrected chi connectivity index (χ4v) is 6.66. The van der Waals surface area contributed by atoms with Gasteiger partial charge >= 0.3 is 0 Å². The van der Waals surface area contributed by atoms with Crippen molar-refractivity contribution in [2.45, 2.75) is 50.5 Å². The Morgan fingerprint density at radius 3 is 2.22 bits per heavy atom. The van der Waals surface area contributed by atoms with Crippen LogP contribution in [0, 0.1) is 17.8 Å². The van der Waals surface area contributed by atoms with Crippen LogP contribution < -0.4 is 0 Å². The number of aliphatic imine (C=N–C) groups is 1. The maximum absolute atomic E-state index is 10.6. The highest BCUT2D eigenvalue weighted by molar-refractivity contribution is 9.10. The van der Waals surface area contributed by atoms with E-state index >= 15 is 0 Å². The summed E-state index contributed by atoms with van der Waals surface area (Å²) >= 11 is 3.53. The number of phenols is 1. The Morgan fingerprint density at radius 2 is 1.59 bits per heavy atom. The van der Waals surface area contributed by atoms with Gasteiger partial charge in [0.25, 0.3) is 0 Å². The molecule has 1 N–H and O–H groups in total. The molecule has 2 nitrogen and oxygen atoms in total. The lowest BCUT2D eigenvalue weighted by atomic mass is 9.53. The molecule has 0 radical (unpaired) electrons. The number of aromatic hydroxyl groups is 1. The highest BCUT2D eigenvalue weighted by atomic mass is 79.9. The van der Waals surface area contributed by atoms with E-state index in [4.69, 9.17) is 4.99 Å². The Hall–Kier alpha value is -1.61. The summed E-state index contributed by atoms with van der Waals surface area (Å²) in [7, 11) is 0. The summed E-state index contributed by atoms with van der Waals surface area (Å²) in [5.74, 6) is 2.97. The van der Waals surface area contributed by atoms with Crippen LogP contribution in [0.4, 0.5) is 0 Å². The normalized spacial score (nSPS) is 31.7. The third kappa shape index (κ3) is 3.47. The van der Waals surface area contributed by atoms with E-state index in [9.17, 15) is 5.11 Å². The highest BCUT2D eigenvalue weighted by Crippen LogP contribution is 2.57. The van der Waals surface area contributed by atoms with Crippen molar-refractivity contribution in [1.82, 2.24) is 0 Å². The van der Waals surface area contributed by atoms with Gasteiger partial charge in [-0.3, -0.25) is 4.99 Å². The van der Waals surface area contributed by atoms with E-state index in [1.807, 2.05) is 18.3 Å². The molecule has 27 heavy (non-hydrogen) atoms. The molecule has 2 aromatic carbocycles. The van der Waals surface area contributed by atoms with Gasteiger partial charge < -0.3 is 5.11 Å². The number of nitrogens with zero attached hydrogens (tertiary/aromatic N) is 1. The molecule has 4 aliphatic carbocycles. The lowest BCUT2D eigenvalue weighted by Crippen LogP contribution is -2.49. The van der Waals surface area contributed by atoms with Crippen molar-refractivity contribution in [3.8, 4) is 5.75 Å². The van der Waals surface area contributed by atoms with Crippen LogP contribution in [0.15, 0.2) is 51.9 Å². The van der Waals surface area contributed by atoms with Gasteiger partial charge in [-0.15, -0.1) is 0 Å². The molecule has 0 aliphatic heterocycles. The molecule has 0 amide bonds. The lowest BCUT2D eigenvalue weighted by Gasteiger charge is -2.55. The van der Waals surface area contributed by atoms with Crippen LogP contribution in [0.25, 0.3) is 0 Å². The largest absolute Gasteiger partial charge is 0.506 e. The molecule has 2 aromatic rings. The van der Waals surface area contributed by atoms with Crippen LogP contribution in [0.1, 0.15) is 55.2 Å². The maximum atomic E-state index is 10.6. The molecule has 0 unspecified atom stereocenters. The van der Waals surface area contributed by atoms with Crippen molar-refractivity contribution < 1.29 is 5.11 Å². The molecular formula is C24H26BrNO. The Kier molecular flexibility index (Phi) is 4.39. The van der Waals surface area contributed by atoms with Gasteiger partial charge in [-0.05, 0) is 102 Å². The van der Waals surface area contributed by atoms with Crippen LogP contribution in [0.2, 0.25) is 0 Å². The smallest absolute Gasteiger partial charge is 0.138 e. The van der Waals surface area contributed by atoms with Crippen molar-refractivity contribution in [3.05, 3.63) is 63.6 Å². The van der Waals surface area contributed by atoms with E-state index in [-0.39, 0.29) is 5.54 Å². The molecule has 0 aromatic heterocycles. The summed E-state index contributed by atoms with van der Waals surface area (Å²) in [4.78, 5) is 5.13. The fraction of sp³-hybridized carbons (Fsp3) is 0.458. The molecule has 3 heteroatoms. The molecule has 0 spiro atoms. The monoisotopic (exact) mass is 423 g/mol. The van der Waals surface area contributed by atoms with Gasteiger partial charge in [0.15, 0.2) is 0 Å². The summed E-state index contributed by atoms with van der Waals surface area (Å²) < 4.78 is 0.753. The predicted octanol–water partition coefficient (Wildman–Crippen LogP) is 6.13. The minimum absolute atomic E-state index is 0.142. The molecule has 4 saturated carbocycles. The quantitative estimate of drug-likeness (QED) is 0.588. The fourth-order valence-electron chi connectivity index (χ4n) is 6.14. The van der Waals surface area contributed by atoms with E-state index in [1.165, 1.54) is 49.7 Å². The van der Waals surface area contributed by atoms with Gasteiger partial charge in [0.05, 0.1) is 10.0 Å². The Morgan fingerprint density at radius 1 is 0.963 bits per heavy atom. The van der Waals surface area contributed by atoms with Crippen LogP contribution in [-0.4, -0.2) is 16.9 Å². The molecule has 140 valence electrons. The van der Waals surface area contributed by atoms with E-state index in [0.717, 1.165) is 34.2 Å². The molecule has 4 fully saturated rings.